The van der Waals surface area contributed by atoms with Gasteiger partial charge in [-0.2, -0.15) is 0 Å². The molecule has 0 saturated carbocycles. The van der Waals surface area contributed by atoms with E-state index in [0.717, 1.165) is 16.2 Å². The maximum atomic E-state index is 12.3. The van der Waals surface area contributed by atoms with Gasteiger partial charge in [-0.15, -0.1) is 11.3 Å². The smallest absolute Gasteiger partial charge is 0.350 e. The largest absolute Gasteiger partial charge is 0.495 e. The van der Waals surface area contributed by atoms with Gasteiger partial charge >= 0.3 is 12.0 Å². The zero-order valence-corrected chi connectivity index (χ0v) is 15.3. The van der Waals surface area contributed by atoms with E-state index in [0.29, 0.717) is 27.4 Å². The molecule has 7 nitrogen and oxygen atoms in total. The molecule has 0 unspecified atom stereocenters. The minimum Gasteiger partial charge on any atom is -0.495 e. The molecule has 1 saturated heterocycles. The summed E-state index contributed by atoms with van der Waals surface area (Å²) >= 11 is 13.5. The third kappa shape index (κ3) is 3.24. The van der Waals surface area contributed by atoms with Crippen LogP contribution in [0.25, 0.3) is 10.1 Å². The number of methoxy groups -OCH3 is 1. The molecule has 132 valence electrons. The summed E-state index contributed by atoms with van der Waals surface area (Å²) in [5, 5.41) is 3.62. The van der Waals surface area contributed by atoms with Gasteiger partial charge in [0, 0.05) is 18.5 Å². The summed E-state index contributed by atoms with van der Waals surface area (Å²) < 4.78 is 10.7. The van der Waals surface area contributed by atoms with Crippen LogP contribution in [-0.4, -0.2) is 49.6 Å². The molecule has 3 amide bonds. The molecule has 3 rings (SSSR count). The van der Waals surface area contributed by atoms with E-state index in [-0.39, 0.29) is 16.4 Å². The lowest BCUT2D eigenvalue weighted by molar-refractivity contribution is -0.130. The molecule has 1 fully saturated rings. The van der Waals surface area contributed by atoms with E-state index < -0.39 is 24.5 Å². The number of hydrogen-bond acceptors (Lipinski definition) is 6. The van der Waals surface area contributed by atoms with Gasteiger partial charge in [0.25, 0.3) is 5.91 Å². The first-order valence-corrected chi connectivity index (χ1v) is 8.71. The molecule has 10 heteroatoms. The number of imide groups is 1. The fourth-order valence-electron chi connectivity index (χ4n) is 2.35. The van der Waals surface area contributed by atoms with Gasteiger partial charge < -0.3 is 14.8 Å². The molecule has 0 spiro atoms. The maximum Gasteiger partial charge on any atom is 0.350 e. The number of thiophene rings is 1. The Kier molecular flexibility index (Phi) is 5.03. The Morgan fingerprint density at radius 2 is 2.08 bits per heavy atom. The standard InChI is InChI=1S/C15H12Cl2N2O5S/c1-23-8-3-2-7-10(16)13(25-12(7)11(8)17)14(21)24-6-9(20)19-5-4-18-15(19)22/h2-3H,4-6H2,1H3,(H,18,22). The predicted octanol–water partition coefficient (Wildman–Crippen LogP) is 2.93. The fraction of sp³-hybridized carbons (Fsp3) is 0.267. The van der Waals surface area contributed by atoms with Gasteiger partial charge in [-0.3, -0.25) is 9.69 Å². The number of carbonyl (C=O) groups excluding carboxylic acids is 3. The lowest BCUT2D eigenvalue weighted by Gasteiger charge is -2.11. The van der Waals surface area contributed by atoms with Crippen molar-refractivity contribution in [2.24, 2.45) is 0 Å². The topological polar surface area (TPSA) is 84.9 Å². The maximum absolute atomic E-state index is 12.3. The molecule has 1 aromatic heterocycles. The first-order valence-electron chi connectivity index (χ1n) is 7.13. The van der Waals surface area contributed by atoms with Gasteiger partial charge in [-0.1, -0.05) is 23.2 Å². The van der Waals surface area contributed by atoms with Gasteiger partial charge in [-0.25, -0.2) is 9.59 Å². The molecular formula is C15H12Cl2N2O5S. The molecule has 0 atom stereocenters. The number of esters is 1. The molecule has 2 heterocycles. The second kappa shape index (κ2) is 7.07. The Morgan fingerprint density at radius 1 is 1.32 bits per heavy atom. The van der Waals surface area contributed by atoms with Crippen LogP contribution in [0.3, 0.4) is 0 Å². The van der Waals surface area contributed by atoms with Crippen molar-refractivity contribution in [1.29, 1.82) is 0 Å². The van der Waals surface area contributed by atoms with E-state index in [9.17, 15) is 14.4 Å². The minimum atomic E-state index is -0.755. The quantitative estimate of drug-likeness (QED) is 0.794. The Hall–Kier alpha value is -2.03. The van der Waals surface area contributed by atoms with E-state index in [1.54, 1.807) is 12.1 Å². The number of amides is 3. The van der Waals surface area contributed by atoms with Crippen LogP contribution in [0.4, 0.5) is 4.79 Å². The third-order valence-corrected chi connectivity index (χ3v) is 5.79. The number of nitrogens with zero attached hydrogens (tertiary/aromatic N) is 1. The van der Waals surface area contributed by atoms with Crippen LogP contribution in [0, 0.1) is 0 Å². The molecule has 2 aromatic rings. The average Bonchev–Trinajstić information content (AvgIpc) is 3.17. The number of rotatable bonds is 4. The highest BCUT2D eigenvalue weighted by atomic mass is 35.5. The highest BCUT2D eigenvalue weighted by Crippen LogP contribution is 2.43. The predicted molar refractivity (Wildman–Crippen MR) is 93.8 cm³/mol. The number of ether oxygens (including phenoxy) is 2. The molecule has 1 aliphatic rings. The number of halogens is 2. The summed E-state index contributed by atoms with van der Waals surface area (Å²) in [6.45, 7) is 0.0726. The first kappa shape index (κ1) is 17.8. The molecule has 0 radical (unpaired) electrons. The number of fused-ring (bicyclic) bond motifs is 1. The lowest BCUT2D eigenvalue weighted by atomic mass is 10.2. The van der Waals surface area contributed by atoms with E-state index in [2.05, 4.69) is 5.32 Å². The van der Waals surface area contributed by atoms with E-state index >= 15 is 0 Å². The average molecular weight is 403 g/mol. The molecule has 1 aromatic carbocycles. The molecular weight excluding hydrogens is 391 g/mol. The van der Waals surface area contributed by atoms with Crippen molar-refractivity contribution in [1.82, 2.24) is 10.2 Å². The van der Waals surface area contributed by atoms with Crippen LogP contribution in [0.2, 0.25) is 10.0 Å². The second-order valence-electron chi connectivity index (χ2n) is 5.06. The normalized spacial score (nSPS) is 13.9. The van der Waals surface area contributed by atoms with Crippen molar-refractivity contribution >= 4 is 62.5 Å². The summed E-state index contributed by atoms with van der Waals surface area (Å²) in [4.78, 5) is 36.7. The summed E-state index contributed by atoms with van der Waals surface area (Å²) in [6.07, 6.45) is 0. The van der Waals surface area contributed by atoms with E-state index in [1.165, 1.54) is 7.11 Å². The van der Waals surface area contributed by atoms with Gasteiger partial charge in [0.05, 0.1) is 16.8 Å². The molecule has 1 aliphatic heterocycles. The number of hydrogen-bond donors (Lipinski definition) is 1. The SMILES string of the molecule is COc1ccc2c(Cl)c(C(=O)OCC(=O)N3CCNC3=O)sc2c1Cl. The third-order valence-electron chi connectivity index (χ3n) is 3.59. The van der Waals surface area contributed by atoms with Crippen LogP contribution in [0.5, 0.6) is 5.75 Å². The van der Waals surface area contributed by atoms with Crippen molar-refractivity contribution in [2.75, 3.05) is 26.8 Å². The van der Waals surface area contributed by atoms with Crippen LogP contribution in [0.1, 0.15) is 9.67 Å². The highest BCUT2D eigenvalue weighted by Gasteiger charge is 2.28. The molecule has 0 bridgehead atoms. The zero-order valence-electron chi connectivity index (χ0n) is 12.9. The van der Waals surface area contributed by atoms with Crippen LogP contribution < -0.4 is 10.1 Å². The van der Waals surface area contributed by atoms with Gasteiger partial charge in [-0.05, 0) is 12.1 Å². The van der Waals surface area contributed by atoms with Crippen molar-refractivity contribution in [3.05, 3.63) is 27.1 Å². The number of urea groups is 1. The van der Waals surface area contributed by atoms with Gasteiger partial charge in [0.2, 0.25) is 0 Å². The molecule has 1 N–H and O–H groups in total. The molecule has 25 heavy (non-hydrogen) atoms. The lowest BCUT2D eigenvalue weighted by Crippen LogP contribution is -2.37. The van der Waals surface area contributed by atoms with Gasteiger partial charge in [0.15, 0.2) is 6.61 Å². The molecule has 0 aliphatic carbocycles. The first-order chi connectivity index (χ1) is 11.9. The Bertz CT molecular complexity index is 882. The van der Waals surface area contributed by atoms with E-state index in [1.807, 2.05) is 0 Å². The number of nitrogens with one attached hydrogen (secondary N) is 1. The summed E-state index contributed by atoms with van der Waals surface area (Å²) in [7, 11) is 1.48. The van der Waals surface area contributed by atoms with Crippen LogP contribution in [-0.2, 0) is 9.53 Å². The zero-order chi connectivity index (χ0) is 18.1. The Labute approximate surface area is 156 Å². The van der Waals surface area contributed by atoms with E-state index in [4.69, 9.17) is 32.7 Å². The van der Waals surface area contributed by atoms with Gasteiger partial charge in [0.1, 0.15) is 15.6 Å². The minimum absolute atomic E-state index is 0.130. The number of carbonyl (C=O) groups is 3. The fourth-order valence-corrected chi connectivity index (χ4v) is 4.13. The van der Waals surface area contributed by atoms with Crippen molar-refractivity contribution < 1.29 is 23.9 Å². The monoisotopic (exact) mass is 402 g/mol. The Morgan fingerprint density at radius 3 is 2.72 bits per heavy atom. The van der Waals surface area contributed by atoms with Crippen molar-refractivity contribution in [3.8, 4) is 5.75 Å². The summed E-state index contributed by atoms with van der Waals surface area (Å²) in [5.74, 6) is -0.892. The van der Waals surface area contributed by atoms with Crippen molar-refractivity contribution in [3.63, 3.8) is 0 Å². The Balaban J connectivity index is 1.78. The van der Waals surface area contributed by atoms with Crippen molar-refractivity contribution in [2.45, 2.75) is 0 Å². The highest BCUT2D eigenvalue weighted by molar-refractivity contribution is 7.22. The van der Waals surface area contributed by atoms with Crippen LogP contribution in [0.15, 0.2) is 12.1 Å². The second-order valence-corrected chi connectivity index (χ2v) is 6.83. The van der Waals surface area contributed by atoms with Crippen LogP contribution >= 0.6 is 34.5 Å². The summed E-state index contributed by atoms with van der Waals surface area (Å²) in [5.41, 5.74) is 0. The number of benzene rings is 1. The summed E-state index contributed by atoms with van der Waals surface area (Å²) in [6, 6.07) is 2.84.